The molecule has 0 fully saturated rings. The van der Waals surface area contributed by atoms with E-state index in [2.05, 4.69) is 5.32 Å². The number of aromatic nitrogens is 1. The number of hydrogen-bond donors (Lipinski definition) is 1. The van der Waals surface area contributed by atoms with Crippen molar-refractivity contribution in [3.8, 4) is 17.0 Å². The fourth-order valence-corrected chi connectivity index (χ4v) is 3.64. The van der Waals surface area contributed by atoms with E-state index in [0.717, 1.165) is 33.3 Å². The highest BCUT2D eigenvalue weighted by molar-refractivity contribution is 6.13. The molecule has 0 saturated carbocycles. The van der Waals surface area contributed by atoms with E-state index in [0.29, 0.717) is 16.9 Å². The third-order valence-electron chi connectivity index (χ3n) is 5.21. The molecule has 1 N–H and O–H groups in total. The smallest absolute Gasteiger partial charge is 0.269 e. The Morgan fingerprint density at radius 2 is 1.69 bits per heavy atom. The fraction of sp³-hybridized carbons (Fsp3) is 0.120. The number of hydrogen-bond acceptors (Lipinski definition) is 5. The summed E-state index contributed by atoms with van der Waals surface area (Å²) in [7, 11) is 1.61. The number of rotatable bonds is 5. The van der Waals surface area contributed by atoms with E-state index in [1.165, 1.54) is 24.3 Å². The lowest BCUT2D eigenvalue weighted by atomic mass is 9.99. The number of carbonyl (C=O) groups excluding carboxylic acids is 1. The molecule has 0 atom stereocenters. The molecule has 1 amide bonds. The predicted octanol–water partition coefficient (Wildman–Crippen LogP) is 5.69. The highest BCUT2D eigenvalue weighted by Crippen LogP contribution is 2.29. The maximum atomic E-state index is 13.3. The van der Waals surface area contributed by atoms with Crippen molar-refractivity contribution < 1.29 is 14.5 Å². The summed E-state index contributed by atoms with van der Waals surface area (Å²) in [6.07, 6.45) is 0. The van der Waals surface area contributed by atoms with E-state index in [1.54, 1.807) is 13.2 Å². The standard InChI is InChI=1S/C25H21N3O4/c1-15-12-16(2)24-21(13-15)22(14-23(27-24)17-4-10-20(32-3)11-5-17)25(29)26-18-6-8-19(9-7-18)28(30)31/h4-14H,1-3H3,(H,26,29). The van der Waals surface area contributed by atoms with Crippen molar-refractivity contribution in [2.24, 2.45) is 0 Å². The zero-order chi connectivity index (χ0) is 22.8. The Balaban J connectivity index is 1.80. The molecule has 0 aliphatic rings. The van der Waals surface area contributed by atoms with Crippen LogP contribution < -0.4 is 10.1 Å². The molecule has 3 aromatic carbocycles. The lowest BCUT2D eigenvalue weighted by Gasteiger charge is -2.13. The Labute approximate surface area is 184 Å². The van der Waals surface area contributed by atoms with Gasteiger partial charge in [-0.05, 0) is 67.9 Å². The van der Waals surface area contributed by atoms with Crippen LogP contribution in [0.15, 0.2) is 66.7 Å². The van der Waals surface area contributed by atoms with Gasteiger partial charge in [-0.25, -0.2) is 4.98 Å². The Morgan fingerprint density at radius 1 is 1.00 bits per heavy atom. The van der Waals surface area contributed by atoms with E-state index < -0.39 is 4.92 Å². The first-order valence-corrected chi connectivity index (χ1v) is 9.98. The second-order valence-corrected chi connectivity index (χ2v) is 7.52. The summed E-state index contributed by atoms with van der Waals surface area (Å²) in [6, 6.07) is 19.0. The quantitative estimate of drug-likeness (QED) is 0.326. The second-order valence-electron chi connectivity index (χ2n) is 7.52. The van der Waals surface area contributed by atoms with Crippen LogP contribution in [-0.2, 0) is 0 Å². The van der Waals surface area contributed by atoms with Gasteiger partial charge in [0.15, 0.2) is 0 Å². The number of benzene rings is 3. The normalized spacial score (nSPS) is 10.7. The lowest BCUT2D eigenvalue weighted by Crippen LogP contribution is -2.13. The number of nitro benzene ring substituents is 1. The first-order valence-electron chi connectivity index (χ1n) is 9.98. The second kappa shape index (κ2) is 8.47. The van der Waals surface area contributed by atoms with Crippen LogP contribution in [0.3, 0.4) is 0 Å². The summed E-state index contributed by atoms with van der Waals surface area (Å²) in [5, 5.41) is 14.5. The lowest BCUT2D eigenvalue weighted by molar-refractivity contribution is -0.384. The van der Waals surface area contributed by atoms with Gasteiger partial charge in [0.2, 0.25) is 0 Å². The summed E-state index contributed by atoms with van der Waals surface area (Å²) in [5.74, 6) is 0.420. The molecule has 32 heavy (non-hydrogen) atoms. The van der Waals surface area contributed by atoms with Crippen LogP contribution in [-0.4, -0.2) is 22.9 Å². The molecule has 0 saturated heterocycles. The molecule has 0 bridgehead atoms. The largest absolute Gasteiger partial charge is 0.497 e. The van der Waals surface area contributed by atoms with Gasteiger partial charge in [-0.15, -0.1) is 0 Å². The Hall–Kier alpha value is -4.26. The SMILES string of the molecule is COc1ccc(-c2cc(C(=O)Nc3ccc([N+](=O)[O-])cc3)c3cc(C)cc(C)c3n2)cc1. The number of non-ortho nitro benzene ring substituents is 1. The molecule has 0 radical (unpaired) electrons. The van der Waals surface area contributed by atoms with Gasteiger partial charge in [-0.3, -0.25) is 14.9 Å². The minimum Gasteiger partial charge on any atom is -0.497 e. The van der Waals surface area contributed by atoms with E-state index in [1.807, 2.05) is 50.2 Å². The van der Waals surface area contributed by atoms with Crippen LogP contribution in [0.2, 0.25) is 0 Å². The number of methoxy groups -OCH3 is 1. The molecular formula is C25H21N3O4. The summed E-state index contributed by atoms with van der Waals surface area (Å²) in [6.45, 7) is 3.94. The number of fused-ring (bicyclic) bond motifs is 1. The van der Waals surface area contributed by atoms with Gasteiger partial charge in [0.25, 0.3) is 11.6 Å². The van der Waals surface area contributed by atoms with Gasteiger partial charge in [-0.1, -0.05) is 11.6 Å². The molecule has 4 aromatic rings. The van der Waals surface area contributed by atoms with Crippen LogP contribution in [0.4, 0.5) is 11.4 Å². The van der Waals surface area contributed by atoms with Gasteiger partial charge in [0, 0.05) is 28.8 Å². The number of nitrogens with one attached hydrogen (secondary N) is 1. The van der Waals surface area contributed by atoms with E-state index >= 15 is 0 Å². The molecule has 0 aliphatic heterocycles. The zero-order valence-electron chi connectivity index (χ0n) is 17.9. The van der Waals surface area contributed by atoms with Gasteiger partial charge in [0.1, 0.15) is 5.75 Å². The van der Waals surface area contributed by atoms with Crippen LogP contribution in [0.5, 0.6) is 5.75 Å². The molecule has 1 aromatic heterocycles. The van der Waals surface area contributed by atoms with Crippen molar-refractivity contribution in [1.29, 1.82) is 0 Å². The number of nitro groups is 1. The highest BCUT2D eigenvalue weighted by atomic mass is 16.6. The van der Waals surface area contributed by atoms with Crippen LogP contribution >= 0.6 is 0 Å². The molecule has 0 unspecified atom stereocenters. The van der Waals surface area contributed by atoms with E-state index in [-0.39, 0.29) is 11.6 Å². The van der Waals surface area contributed by atoms with Crippen molar-refractivity contribution >= 4 is 28.2 Å². The van der Waals surface area contributed by atoms with Gasteiger partial charge in [0.05, 0.1) is 28.8 Å². The molecule has 7 nitrogen and oxygen atoms in total. The van der Waals surface area contributed by atoms with Crippen molar-refractivity contribution in [3.63, 3.8) is 0 Å². The fourth-order valence-electron chi connectivity index (χ4n) is 3.64. The number of pyridine rings is 1. The zero-order valence-corrected chi connectivity index (χ0v) is 17.9. The van der Waals surface area contributed by atoms with Crippen LogP contribution in [0.1, 0.15) is 21.5 Å². The molecule has 0 aliphatic carbocycles. The third-order valence-corrected chi connectivity index (χ3v) is 5.21. The number of ether oxygens (including phenoxy) is 1. The average molecular weight is 427 g/mol. The molecule has 160 valence electrons. The van der Waals surface area contributed by atoms with Crippen molar-refractivity contribution in [3.05, 3.63) is 93.5 Å². The van der Waals surface area contributed by atoms with Crippen molar-refractivity contribution in [2.75, 3.05) is 12.4 Å². The average Bonchev–Trinajstić information content (AvgIpc) is 2.79. The minimum atomic E-state index is -0.478. The van der Waals surface area contributed by atoms with Crippen molar-refractivity contribution in [2.45, 2.75) is 13.8 Å². The number of anilines is 1. The van der Waals surface area contributed by atoms with Gasteiger partial charge < -0.3 is 10.1 Å². The van der Waals surface area contributed by atoms with Crippen LogP contribution in [0, 0.1) is 24.0 Å². The first kappa shape index (κ1) is 21.0. The summed E-state index contributed by atoms with van der Waals surface area (Å²) in [5.41, 5.74) is 5.19. The molecule has 4 rings (SSSR count). The number of amides is 1. The van der Waals surface area contributed by atoms with Crippen molar-refractivity contribution in [1.82, 2.24) is 4.98 Å². The first-order chi connectivity index (χ1) is 15.4. The highest BCUT2D eigenvalue weighted by Gasteiger charge is 2.17. The third kappa shape index (κ3) is 4.13. The summed E-state index contributed by atoms with van der Waals surface area (Å²) in [4.78, 5) is 28.5. The summed E-state index contributed by atoms with van der Waals surface area (Å²) >= 11 is 0. The predicted molar refractivity (Wildman–Crippen MR) is 124 cm³/mol. The number of nitrogens with zero attached hydrogens (tertiary/aromatic N) is 2. The maximum absolute atomic E-state index is 13.3. The maximum Gasteiger partial charge on any atom is 0.269 e. The Morgan fingerprint density at radius 3 is 2.31 bits per heavy atom. The van der Waals surface area contributed by atoms with Gasteiger partial charge in [-0.2, -0.15) is 0 Å². The Kier molecular flexibility index (Phi) is 5.55. The van der Waals surface area contributed by atoms with E-state index in [4.69, 9.17) is 9.72 Å². The molecule has 0 spiro atoms. The molecular weight excluding hydrogens is 406 g/mol. The van der Waals surface area contributed by atoms with E-state index in [9.17, 15) is 14.9 Å². The monoisotopic (exact) mass is 427 g/mol. The molecule has 7 heteroatoms. The minimum absolute atomic E-state index is 0.0367. The topological polar surface area (TPSA) is 94.4 Å². The molecule has 1 heterocycles. The number of aryl methyl sites for hydroxylation is 2. The summed E-state index contributed by atoms with van der Waals surface area (Å²) < 4.78 is 5.23. The number of carbonyl (C=O) groups is 1. The van der Waals surface area contributed by atoms with Crippen LogP contribution in [0.25, 0.3) is 22.2 Å². The van der Waals surface area contributed by atoms with Gasteiger partial charge >= 0.3 is 0 Å². The Bertz CT molecular complexity index is 1330.